The van der Waals surface area contributed by atoms with Gasteiger partial charge in [-0.05, 0) is 31.4 Å². The molecule has 1 heterocycles. The number of ether oxygens (including phenoxy) is 1. The molecule has 1 N–H and O–H groups in total. The van der Waals surface area contributed by atoms with Crippen LogP contribution in [0.1, 0.15) is 20.3 Å². The number of hydrogen-bond acceptors (Lipinski definition) is 3. The standard InChI is InChI=1S/C16H26N2O/c1-3-19-12-11-18-10-9-16(14(2)13-18)17-15-7-5-4-6-8-15/h4-8,14,16-17H,3,9-13H2,1-2H3/t14-,16+/m1/s1. The predicted octanol–water partition coefficient (Wildman–Crippen LogP) is 2.85. The van der Waals surface area contributed by atoms with Crippen molar-refractivity contribution in [3.05, 3.63) is 30.3 Å². The minimum absolute atomic E-state index is 0.589. The van der Waals surface area contributed by atoms with Crippen LogP contribution < -0.4 is 5.32 Å². The van der Waals surface area contributed by atoms with Crippen LogP contribution in [0.4, 0.5) is 5.69 Å². The molecule has 0 spiro atoms. The summed E-state index contributed by atoms with van der Waals surface area (Å²) in [7, 11) is 0. The quantitative estimate of drug-likeness (QED) is 0.798. The van der Waals surface area contributed by atoms with Crippen LogP contribution in [0, 0.1) is 5.92 Å². The maximum Gasteiger partial charge on any atom is 0.0593 e. The van der Waals surface area contributed by atoms with E-state index in [0.717, 1.165) is 26.3 Å². The topological polar surface area (TPSA) is 24.5 Å². The molecule has 3 heteroatoms. The zero-order chi connectivity index (χ0) is 13.5. The molecular formula is C16H26N2O. The van der Waals surface area contributed by atoms with Crippen LogP contribution in [0.25, 0.3) is 0 Å². The fraction of sp³-hybridized carbons (Fsp3) is 0.625. The number of rotatable bonds is 6. The van der Waals surface area contributed by atoms with Gasteiger partial charge in [0.05, 0.1) is 6.61 Å². The molecule has 1 aromatic carbocycles. The van der Waals surface area contributed by atoms with Crippen molar-refractivity contribution < 1.29 is 4.74 Å². The van der Waals surface area contributed by atoms with Gasteiger partial charge in [-0.25, -0.2) is 0 Å². The van der Waals surface area contributed by atoms with E-state index < -0.39 is 0 Å². The van der Waals surface area contributed by atoms with Gasteiger partial charge < -0.3 is 15.0 Å². The van der Waals surface area contributed by atoms with Gasteiger partial charge in [-0.15, -0.1) is 0 Å². The summed E-state index contributed by atoms with van der Waals surface area (Å²) in [6.45, 7) is 9.48. The largest absolute Gasteiger partial charge is 0.382 e. The summed E-state index contributed by atoms with van der Waals surface area (Å²) in [6, 6.07) is 11.1. The summed E-state index contributed by atoms with van der Waals surface area (Å²) in [5.41, 5.74) is 1.24. The molecule has 1 aromatic rings. The molecule has 0 aromatic heterocycles. The van der Waals surface area contributed by atoms with E-state index in [1.54, 1.807) is 0 Å². The van der Waals surface area contributed by atoms with Gasteiger partial charge in [0, 0.05) is 38.0 Å². The third kappa shape index (κ3) is 4.51. The van der Waals surface area contributed by atoms with Crippen LogP contribution in [0.2, 0.25) is 0 Å². The smallest absolute Gasteiger partial charge is 0.0593 e. The predicted molar refractivity (Wildman–Crippen MR) is 80.6 cm³/mol. The first-order valence-corrected chi connectivity index (χ1v) is 7.41. The lowest BCUT2D eigenvalue weighted by Crippen LogP contribution is -2.46. The first kappa shape index (κ1) is 14.4. The number of piperidine rings is 1. The third-order valence-corrected chi connectivity index (χ3v) is 3.87. The highest BCUT2D eigenvalue weighted by atomic mass is 16.5. The molecule has 1 fully saturated rings. The summed E-state index contributed by atoms with van der Waals surface area (Å²) in [4.78, 5) is 2.52. The van der Waals surface area contributed by atoms with E-state index in [-0.39, 0.29) is 0 Å². The van der Waals surface area contributed by atoms with Crippen molar-refractivity contribution in [2.24, 2.45) is 5.92 Å². The molecule has 0 saturated carbocycles. The highest BCUT2D eigenvalue weighted by Gasteiger charge is 2.25. The van der Waals surface area contributed by atoms with Gasteiger partial charge in [-0.2, -0.15) is 0 Å². The Kier molecular flexibility index (Phi) is 5.67. The van der Waals surface area contributed by atoms with E-state index in [4.69, 9.17) is 4.74 Å². The van der Waals surface area contributed by atoms with Crippen molar-refractivity contribution in [1.29, 1.82) is 0 Å². The molecule has 2 rings (SSSR count). The maximum absolute atomic E-state index is 5.44. The van der Waals surface area contributed by atoms with Crippen molar-refractivity contribution in [2.75, 3.05) is 38.2 Å². The molecule has 3 nitrogen and oxygen atoms in total. The monoisotopic (exact) mass is 262 g/mol. The van der Waals surface area contributed by atoms with Crippen molar-refractivity contribution in [2.45, 2.75) is 26.3 Å². The Morgan fingerprint density at radius 1 is 1.32 bits per heavy atom. The molecule has 0 bridgehead atoms. The van der Waals surface area contributed by atoms with Crippen molar-refractivity contribution in [3.8, 4) is 0 Å². The van der Waals surface area contributed by atoms with Crippen LogP contribution in [0.5, 0.6) is 0 Å². The van der Waals surface area contributed by atoms with Gasteiger partial charge in [0.25, 0.3) is 0 Å². The number of nitrogens with one attached hydrogen (secondary N) is 1. The number of nitrogens with zero attached hydrogens (tertiary/aromatic N) is 1. The fourth-order valence-corrected chi connectivity index (χ4v) is 2.74. The number of likely N-dealkylation sites (tertiary alicyclic amines) is 1. The Balaban J connectivity index is 1.77. The van der Waals surface area contributed by atoms with Gasteiger partial charge in [0.2, 0.25) is 0 Å². The normalized spacial score (nSPS) is 24.3. The minimum atomic E-state index is 0.589. The van der Waals surface area contributed by atoms with E-state index >= 15 is 0 Å². The second-order valence-corrected chi connectivity index (χ2v) is 5.38. The summed E-state index contributed by atoms with van der Waals surface area (Å²) in [5, 5.41) is 3.66. The average Bonchev–Trinajstić information content (AvgIpc) is 2.43. The molecule has 1 aliphatic rings. The maximum atomic E-state index is 5.44. The van der Waals surface area contributed by atoms with Crippen LogP contribution in [0.3, 0.4) is 0 Å². The van der Waals surface area contributed by atoms with Crippen LogP contribution in [-0.2, 0) is 4.74 Å². The second-order valence-electron chi connectivity index (χ2n) is 5.38. The Labute approximate surface area is 116 Å². The van der Waals surface area contributed by atoms with E-state index in [1.807, 2.05) is 0 Å². The molecule has 0 radical (unpaired) electrons. The van der Waals surface area contributed by atoms with E-state index in [0.29, 0.717) is 12.0 Å². The van der Waals surface area contributed by atoms with E-state index in [9.17, 15) is 0 Å². The molecular weight excluding hydrogens is 236 g/mol. The Hall–Kier alpha value is -1.06. The molecule has 2 atom stereocenters. The van der Waals surface area contributed by atoms with Crippen LogP contribution >= 0.6 is 0 Å². The van der Waals surface area contributed by atoms with Gasteiger partial charge in [0.1, 0.15) is 0 Å². The van der Waals surface area contributed by atoms with Crippen molar-refractivity contribution in [1.82, 2.24) is 4.90 Å². The minimum Gasteiger partial charge on any atom is -0.382 e. The van der Waals surface area contributed by atoms with Gasteiger partial charge in [0.15, 0.2) is 0 Å². The zero-order valence-corrected chi connectivity index (χ0v) is 12.1. The van der Waals surface area contributed by atoms with Gasteiger partial charge >= 0.3 is 0 Å². The Morgan fingerprint density at radius 2 is 2.11 bits per heavy atom. The number of anilines is 1. The first-order chi connectivity index (χ1) is 9.29. The molecule has 0 amide bonds. The molecule has 1 aliphatic heterocycles. The molecule has 106 valence electrons. The lowest BCUT2D eigenvalue weighted by molar-refractivity contribution is 0.0912. The summed E-state index contributed by atoms with van der Waals surface area (Å²) >= 11 is 0. The SMILES string of the molecule is CCOCCN1CC[C@H](Nc2ccccc2)[C@H](C)C1. The Bertz CT molecular complexity index is 355. The van der Waals surface area contributed by atoms with Crippen molar-refractivity contribution in [3.63, 3.8) is 0 Å². The number of benzene rings is 1. The lowest BCUT2D eigenvalue weighted by Gasteiger charge is -2.37. The number of para-hydroxylation sites is 1. The third-order valence-electron chi connectivity index (χ3n) is 3.87. The summed E-state index contributed by atoms with van der Waals surface area (Å²) in [6.07, 6.45) is 1.21. The summed E-state index contributed by atoms with van der Waals surface area (Å²) < 4.78 is 5.44. The fourth-order valence-electron chi connectivity index (χ4n) is 2.74. The van der Waals surface area contributed by atoms with Crippen molar-refractivity contribution >= 4 is 5.69 Å². The highest BCUT2D eigenvalue weighted by Crippen LogP contribution is 2.20. The van der Waals surface area contributed by atoms with Gasteiger partial charge in [-0.1, -0.05) is 25.1 Å². The highest BCUT2D eigenvalue weighted by molar-refractivity contribution is 5.43. The number of hydrogen-bond donors (Lipinski definition) is 1. The average molecular weight is 262 g/mol. The zero-order valence-electron chi connectivity index (χ0n) is 12.1. The van der Waals surface area contributed by atoms with E-state index in [1.165, 1.54) is 18.7 Å². The Morgan fingerprint density at radius 3 is 2.79 bits per heavy atom. The summed E-state index contributed by atoms with van der Waals surface area (Å²) in [5.74, 6) is 0.676. The lowest BCUT2D eigenvalue weighted by atomic mass is 9.93. The molecule has 0 unspecified atom stereocenters. The van der Waals surface area contributed by atoms with Crippen LogP contribution in [-0.4, -0.2) is 43.8 Å². The second kappa shape index (κ2) is 7.51. The van der Waals surface area contributed by atoms with Gasteiger partial charge in [-0.3, -0.25) is 0 Å². The first-order valence-electron chi connectivity index (χ1n) is 7.41. The van der Waals surface area contributed by atoms with Crippen LogP contribution in [0.15, 0.2) is 30.3 Å². The van der Waals surface area contributed by atoms with E-state index in [2.05, 4.69) is 54.4 Å². The molecule has 19 heavy (non-hydrogen) atoms. The molecule has 0 aliphatic carbocycles. The molecule has 1 saturated heterocycles.